The molecule has 2 unspecified atom stereocenters. The van der Waals surface area contributed by atoms with Gasteiger partial charge in [0.15, 0.2) is 0 Å². The third-order valence-electron chi connectivity index (χ3n) is 4.69. The third kappa shape index (κ3) is 5.21. The van der Waals surface area contributed by atoms with E-state index in [4.69, 9.17) is 4.74 Å². The van der Waals surface area contributed by atoms with E-state index >= 15 is 0 Å². The van der Waals surface area contributed by atoms with Crippen molar-refractivity contribution >= 4 is 5.97 Å². The summed E-state index contributed by atoms with van der Waals surface area (Å²) in [5, 5.41) is 10.9. The Morgan fingerprint density at radius 1 is 1.23 bits per heavy atom. The van der Waals surface area contributed by atoms with Crippen LogP contribution in [0.2, 0.25) is 0 Å². The average molecular weight is 313 g/mol. The van der Waals surface area contributed by atoms with Crippen LogP contribution in [0, 0.1) is 16.0 Å². The maximum atomic E-state index is 11.5. The summed E-state index contributed by atoms with van der Waals surface area (Å²) in [4.78, 5) is 26.8. The van der Waals surface area contributed by atoms with Gasteiger partial charge in [-0.1, -0.05) is 0 Å². The number of hydrogen-bond donors (Lipinski definition) is 0. The van der Waals surface area contributed by atoms with E-state index in [1.54, 1.807) is 0 Å². The summed E-state index contributed by atoms with van der Waals surface area (Å²) >= 11 is 0. The average Bonchev–Trinajstić information content (AvgIpc) is 2.50. The Hall–Kier alpha value is -1.21. The number of piperazine rings is 1. The Bertz CT molecular complexity index is 383. The number of rotatable bonds is 6. The molecule has 0 aromatic heterocycles. The molecule has 0 radical (unpaired) electrons. The van der Waals surface area contributed by atoms with Gasteiger partial charge in [0.25, 0.3) is 0 Å². The lowest BCUT2D eigenvalue weighted by atomic mass is 9.85. The largest absolute Gasteiger partial charge is 0.465 e. The van der Waals surface area contributed by atoms with Crippen LogP contribution in [0.15, 0.2) is 0 Å². The molecule has 7 heteroatoms. The fourth-order valence-electron chi connectivity index (χ4n) is 3.50. The van der Waals surface area contributed by atoms with Crippen molar-refractivity contribution in [1.29, 1.82) is 0 Å². The van der Waals surface area contributed by atoms with E-state index in [0.717, 1.165) is 58.4 Å². The van der Waals surface area contributed by atoms with E-state index in [9.17, 15) is 14.9 Å². The van der Waals surface area contributed by atoms with Crippen LogP contribution in [0.3, 0.4) is 0 Å². The summed E-state index contributed by atoms with van der Waals surface area (Å²) in [6.07, 6.45) is 3.53. The highest BCUT2D eigenvalue weighted by Crippen LogP contribution is 2.27. The first-order chi connectivity index (χ1) is 10.6. The van der Waals surface area contributed by atoms with E-state index < -0.39 is 0 Å². The second kappa shape index (κ2) is 8.43. The van der Waals surface area contributed by atoms with Crippen LogP contribution in [0.25, 0.3) is 0 Å². The third-order valence-corrected chi connectivity index (χ3v) is 4.69. The van der Waals surface area contributed by atoms with Crippen LogP contribution in [0.1, 0.15) is 32.6 Å². The smallest absolute Gasteiger partial charge is 0.320 e. The van der Waals surface area contributed by atoms with Crippen molar-refractivity contribution < 1.29 is 14.5 Å². The zero-order chi connectivity index (χ0) is 15.9. The number of ether oxygens (including phenoxy) is 1. The van der Waals surface area contributed by atoms with Gasteiger partial charge in [0.1, 0.15) is 0 Å². The number of nitro groups is 1. The highest BCUT2D eigenvalue weighted by molar-refractivity contribution is 5.71. The van der Waals surface area contributed by atoms with Crippen LogP contribution in [0.4, 0.5) is 0 Å². The molecule has 0 bridgehead atoms. The van der Waals surface area contributed by atoms with Gasteiger partial charge in [0, 0.05) is 50.5 Å². The van der Waals surface area contributed by atoms with E-state index in [2.05, 4.69) is 9.80 Å². The first-order valence-corrected chi connectivity index (χ1v) is 8.32. The zero-order valence-corrected chi connectivity index (χ0v) is 13.4. The molecule has 0 amide bonds. The lowest BCUT2D eigenvalue weighted by Gasteiger charge is -2.37. The normalized spacial score (nSPS) is 27.5. The van der Waals surface area contributed by atoms with Gasteiger partial charge in [0.2, 0.25) is 6.04 Å². The molecular formula is C15H27N3O4. The van der Waals surface area contributed by atoms with Crippen molar-refractivity contribution in [2.24, 2.45) is 5.92 Å². The van der Waals surface area contributed by atoms with Gasteiger partial charge in [-0.3, -0.25) is 19.8 Å². The molecule has 126 valence electrons. The molecule has 1 aliphatic carbocycles. The molecule has 2 atom stereocenters. The first-order valence-electron chi connectivity index (χ1n) is 8.32. The van der Waals surface area contributed by atoms with Crippen molar-refractivity contribution in [3.05, 3.63) is 10.1 Å². The van der Waals surface area contributed by atoms with Gasteiger partial charge in [-0.2, -0.15) is 0 Å². The van der Waals surface area contributed by atoms with Crippen LogP contribution in [0.5, 0.6) is 0 Å². The molecule has 1 aliphatic heterocycles. The van der Waals surface area contributed by atoms with E-state index in [1.807, 2.05) is 6.92 Å². The predicted molar refractivity (Wildman–Crippen MR) is 82.3 cm³/mol. The Morgan fingerprint density at radius 2 is 1.91 bits per heavy atom. The predicted octanol–water partition coefficient (Wildman–Crippen LogP) is 1.00. The van der Waals surface area contributed by atoms with E-state index in [-0.39, 0.29) is 16.9 Å². The molecule has 2 aliphatic rings. The number of carbonyl (C=O) groups is 1. The Kier molecular flexibility index (Phi) is 6.57. The number of hydrogen-bond acceptors (Lipinski definition) is 6. The highest BCUT2D eigenvalue weighted by atomic mass is 16.6. The molecule has 0 N–H and O–H groups in total. The van der Waals surface area contributed by atoms with Crippen LogP contribution < -0.4 is 0 Å². The fraction of sp³-hybridized carbons (Fsp3) is 0.933. The SMILES string of the molecule is CCOC(=O)CN1CCN(CC2CCCC([N+](=O)[O-])C2)CC1. The molecule has 0 spiro atoms. The lowest BCUT2D eigenvalue weighted by Crippen LogP contribution is -2.49. The van der Waals surface area contributed by atoms with Gasteiger partial charge in [-0.05, 0) is 25.7 Å². The Morgan fingerprint density at radius 3 is 2.55 bits per heavy atom. The molecule has 7 nitrogen and oxygen atoms in total. The van der Waals surface area contributed by atoms with Crippen molar-refractivity contribution in [2.45, 2.75) is 38.6 Å². The van der Waals surface area contributed by atoms with E-state index in [0.29, 0.717) is 19.1 Å². The second-order valence-corrected chi connectivity index (χ2v) is 6.35. The molecule has 2 rings (SSSR count). The standard InChI is InChI=1S/C15H27N3O4/c1-2-22-15(19)12-17-8-6-16(7-9-17)11-13-4-3-5-14(10-13)18(20)21/h13-14H,2-12H2,1H3. The van der Waals surface area contributed by atoms with Gasteiger partial charge in [0.05, 0.1) is 13.2 Å². The zero-order valence-electron chi connectivity index (χ0n) is 13.4. The van der Waals surface area contributed by atoms with Crippen LogP contribution >= 0.6 is 0 Å². The van der Waals surface area contributed by atoms with Crippen LogP contribution in [-0.4, -0.2) is 72.6 Å². The summed E-state index contributed by atoms with van der Waals surface area (Å²) in [6, 6.07) is -0.344. The van der Waals surface area contributed by atoms with Gasteiger partial charge < -0.3 is 9.64 Å². The summed E-state index contributed by atoms with van der Waals surface area (Å²) in [5.74, 6) is 0.290. The van der Waals surface area contributed by atoms with Crippen molar-refractivity contribution in [2.75, 3.05) is 45.9 Å². The van der Waals surface area contributed by atoms with Crippen molar-refractivity contribution in [1.82, 2.24) is 9.80 Å². The van der Waals surface area contributed by atoms with Gasteiger partial charge in [-0.15, -0.1) is 0 Å². The summed E-state index contributed by atoms with van der Waals surface area (Å²) in [5.41, 5.74) is 0. The number of carbonyl (C=O) groups excluding carboxylic acids is 1. The minimum Gasteiger partial charge on any atom is -0.465 e. The van der Waals surface area contributed by atoms with Gasteiger partial charge >= 0.3 is 5.97 Å². The number of nitrogens with zero attached hydrogens (tertiary/aromatic N) is 3. The Balaban J connectivity index is 1.69. The van der Waals surface area contributed by atoms with Crippen LogP contribution in [-0.2, 0) is 9.53 Å². The molecule has 1 saturated heterocycles. The number of esters is 1. The minimum atomic E-state index is -0.344. The molecule has 2 fully saturated rings. The molecule has 0 aromatic rings. The molecule has 0 aromatic carbocycles. The minimum absolute atomic E-state index is 0.108. The maximum Gasteiger partial charge on any atom is 0.320 e. The van der Waals surface area contributed by atoms with Crippen molar-refractivity contribution in [3.8, 4) is 0 Å². The molecular weight excluding hydrogens is 286 g/mol. The van der Waals surface area contributed by atoms with Crippen molar-refractivity contribution in [3.63, 3.8) is 0 Å². The monoisotopic (exact) mass is 313 g/mol. The fourth-order valence-corrected chi connectivity index (χ4v) is 3.50. The maximum absolute atomic E-state index is 11.5. The van der Waals surface area contributed by atoms with Gasteiger partial charge in [-0.25, -0.2) is 0 Å². The molecule has 1 saturated carbocycles. The highest BCUT2D eigenvalue weighted by Gasteiger charge is 2.31. The lowest BCUT2D eigenvalue weighted by molar-refractivity contribution is -0.528. The quantitative estimate of drug-likeness (QED) is 0.414. The first kappa shape index (κ1) is 17.1. The molecule has 1 heterocycles. The summed E-state index contributed by atoms with van der Waals surface area (Å²) in [7, 11) is 0. The topological polar surface area (TPSA) is 75.9 Å². The second-order valence-electron chi connectivity index (χ2n) is 6.35. The molecule has 22 heavy (non-hydrogen) atoms. The summed E-state index contributed by atoms with van der Waals surface area (Å²) < 4.78 is 4.97. The summed E-state index contributed by atoms with van der Waals surface area (Å²) in [6.45, 7) is 7.16. The Labute approximate surface area is 131 Å². The van der Waals surface area contributed by atoms with E-state index in [1.165, 1.54) is 0 Å².